The first-order valence-corrected chi connectivity index (χ1v) is 11.7. The van der Waals surface area contributed by atoms with Crippen molar-refractivity contribution in [1.82, 2.24) is 4.90 Å². The summed E-state index contributed by atoms with van der Waals surface area (Å²) in [6, 6.07) is 18.2. The van der Waals surface area contributed by atoms with Crippen LogP contribution in [0.15, 0.2) is 72.3 Å². The van der Waals surface area contributed by atoms with Crippen molar-refractivity contribution in [2.45, 2.75) is 19.5 Å². The summed E-state index contributed by atoms with van der Waals surface area (Å²) in [6.45, 7) is 2.48. The SMILES string of the molecule is CCOc1ccc(C2/C(=C(\O)c3cc(Cl)ccc3OC)C(=O)C(=O)N2Cc2ccccc2OC)cc1. The van der Waals surface area contributed by atoms with E-state index in [1.54, 1.807) is 49.6 Å². The van der Waals surface area contributed by atoms with Crippen molar-refractivity contribution in [2.24, 2.45) is 0 Å². The molecule has 0 spiro atoms. The normalized spacial score (nSPS) is 16.8. The lowest BCUT2D eigenvalue weighted by atomic mass is 9.94. The Balaban J connectivity index is 1.89. The van der Waals surface area contributed by atoms with Crippen LogP contribution in [0.5, 0.6) is 17.2 Å². The highest BCUT2D eigenvalue weighted by Crippen LogP contribution is 2.43. The Morgan fingerprint density at radius 2 is 1.67 bits per heavy atom. The van der Waals surface area contributed by atoms with Crippen LogP contribution in [-0.2, 0) is 16.1 Å². The van der Waals surface area contributed by atoms with Gasteiger partial charge in [-0.15, -0.1) is 0 Å². The number of Topliss-reactive ketones (excluding diaryl/α,β-unsaturated/α-hetero) is 1. The van der Waals surface area contributed by atoms with Gasteiger partial charge in [-0.3, -0.25) is 9.59 Å². The fourth-order valence-corrected chi connectivity index (χ4v) is 4.50. The quantitative estimate of drug-likeness (QED) is 0.250. The summed E-state index contributed by atoms with van der Waals surface area (Å²) >= 11 is 6.18. The second-order valence-electron chi connectivity index (χ2n) is 8.09. The smallest absolute Gasteiger partial charge is 0.295 e. The molecule has 0 radical (unpaired) electrons. The molecule has 1 saturated heterocycles. The first-order chi connectivity index (χ1) is 17.4. The Morgan fingerprint density at radius 3 is 2.33 bits per heavy atom. The largest absolute Gasteiger partial charge is 0.507 e. The number of carbonyl (C=O) groups is 2. The molecule has 8 heteroatoms. The Kier molecular flexibility index (Phi) is 7.50. The van der Waals surface area contributed by atoms with Gasteiger partial charge in [0.2, 0.25) is 0 Å². The monoisotopic (exact) mass is 507 g/mol. The Bertz CT molecular complexity index is 1320. The molecular weight excluding hydrogens is 482 g/mol. The van der Waals surface area contributed by atoms with Crippen LogP contribution in [0, 0.1) is 0 Å². The molecule has 3 aromatic rings. The highest BCUT2D eigenvalue weighted by Gasteiger charge is 2.46. The summed E-state index contributed by atoms with van der Waals surface area (Å²) < 4.78 is 16.4. The maximum Gasteiger partial charge on any atom is 0.295 e. The summed E-state index contributed by atoms with van der Waals surface area (Å²) in [5, 5.41) is 11.7. The van der Waals surface area contributed by atoms with E-state index < -0.39 is 17.7 Å². The number of hydrogen-bond acceptors (Lipinski definition) is 6. The molecular formula is C28H26ClNO6. The Hall–Kier alpha value is -3.97. The first-order valence-electron chi connectivity index (χ1n) is 11.4. The third-order valence-electron chi connectivity index (χ3n) is 6.00. The van der Waals surface area contributed by atoms with Gasteiger partial charge >= 0.3 is 0 Å². The maximum atomic E-state index is 13.4. The number of halogens is 1. The van der Waals surface area contributed by atoms with E-state index in [1.165, 1.54) is 18.1 Å². The van der Waals surface area contributed by atoms with Gasteiger partial charge in [0.1, 0.15) is 23.0 Å². The lowest BCUT2D eigenvalue weighted by Crippen LogP contribution is -2.29. The van der Waals surface area contributed by atoms with Gasteiger partial charge in [-0.1, -0.05) is 41.9 Å². The summed E-state index contributed by atoms with van der Waals surface area (Å²) in [4.78, 5) is 28.1. The minimum atomic E-state index is -0.866. The zero-order chi connectivity index (χ0) is 25.8. The first kappa shape index (κ1) is 25.1. The number of benzene rings is 3. The molecule has 7 nitrogen and oxygen atoms in total. The lowest BCUT2D eigenvalue weighted by molar-refractivity contribution is -0.140. The molecule has 1 amide bonds. The molecule has 4 rings (SSSR count). The Morgan fingerprint density at radius 1 is 0.972 bits per heavy atom. The zero-order valence-corrected chi connectivity index (χ0v) is 20.9. The number of hydrogen-bond donors (Lipinski definition) is 1. The second kappa shape index (κ2) is 10.7. The van der Waals surface area contributed by atoms with Gasteiger partial charge in [-0.05, 0) is 48.9 Å². The molecule has 0 aromatic heterocycles. The number of aliphatic hydroxyl groups excluding tert-OH is 1. The molecule has 0 bridgehead atoms. The van der Waals surface area contributed by atoms with Gasteiger partial charge in [0.15, 0.2) is 0 Å². The highest BCUT2D eigenvalue weighted by atomic mass is 35.5. The zero-order valence-electron chi connectivity index (χ0n) is 20.2. The molecule has 1 heterocycles. The van der Waals surface area contributed by atoms with Crippen LogP contribution in [0.2, 0.25) is 5.02 Å². The van der Waals surface area contributed by atoms with Crippen LogP contribution in [0.1, 0.15) is 29.7 Å². The van der Waals surface area contributed by atoms with Gasteiger partial charge in [0.25, 0.3) is 11.7 Å². The van der Waals surface area contributed by atoms with E-state index in [-0.39, 0.29) is 23.4 Å². The predicted octanol–water partition coefficient (Wildman–Crippen LogP) is 5.38. The summed E-state index contributed by atoms with van der Waals surface area (Å²) in [5.74, 6) is -0.348. The van der Waals surface area contributed by atoms with E-state index in [1.807, 2.05) is 25.1 Å². The van der Waals surface area contributed by atoms with Crippen LogP contribution >= 0.6 is 11.6 Å². The molecule has 1 aliphatic heterocycles. The summed E-state index contributed by atoms with van der Waals surface area (Å²) in [6.07, 6.45) is 0. The molecule has 1 N–H and O–H groups in total. The number of likely N-dealkylation sites (tertiary alicyclic amines) is 1. The van der Waals surface area contributed by atoms with Crippen molar-refractivity contribution in [1.29, 1.82) is 0 Å². The van der Waals surface area contributed by atoms with Gasteiger partial charge < -0.3 is 24.2 Å². The number of carbonyl (C=O) groups excluding carboxylic acids is 2. The van der Waals surface area contributed by atoms with Crippen LogP contribution < -0.4 is 14.2 Å². The van der Waals surface area contributed by atoms with E-state index in [4.69, 9.17) is 25.8 Å². The number of ether oxygens (including phenoxy) is 3. The van der Waals surface area contributed by atoms with Crippen molar-refractivity contribution in [3.8, 4) is 17.2 Å². The average molecular weight is 508 g/mol. The minimum absolute atomic E-state index is 0.0559. The van der Waals surface area contributed by atoms with Gasteiger partial charge in [0, 0.05) is 10.6 Å². The standard InChI is InChI=1S/C28H26ClNO6/c1-4-36-20-12-9-17(10-13-20)25-24(26(31)21-15-19(29)11-14-23(21)35-3)27(32)28(33)30(25)16-18-7-5-6-8-22(18)34-2/h5-15,25,31H,4,16H2,1-3H3/b26-24+. The van der Waals surface area contributed by atoms with Crippen molar-refractivity contribution < 1.29 is 28.9 Å². The number of rotatable bonds is 8. The minimum Gasteiger partial charge on any atom is -0.507 e. The van der Waals surface area contributed by atoms with Crippen LogP contribution in [0.3, 0.4) is 0 Å². The van der Waals surface area contributed by atoms with Gasteiger partial charge in [0.05, 0.1) is 44.5 Å². The predicted molar refractivity (Wildman–Crippen MR) is 136 cm³/mol. The number of para-hydroxylation sites is 1. The second-order valence-corrected chi connectivity index (χ2v) is 8.52. The Labute approximate surface area is 214 Å². The topological polar surface area (TPSA) is 85.3 Å². The molecule has 1 fully saturated rings. The van der Waals surface area contributed by atoms with Crippen molar-refractivity contribution in [2.75, 3.05) is 20.8 Å². The summed E-state index contributed by atoms with van der Waals surface area (Å²) in [7, 11) is 2.99. The summed E-state index contributed by atoms with van der Waals surface area (Å²) in [5.41, 5.74) is 1.52. The van der Waals surface area contributed by atoms with E-state index in [0.717, 1.165) is 5.56 Å². The maximum absolute atomic E-state index is 13.4. The molecule has 36 heavy (non-hydrogen) atoms. The fourth-order valence-electron chi connectivity index (χ4n) is 4.33. The van der Waals surface area contributed by atoms with Crippen molar-refractivity contribution in [3.63, 3.8) is 0 Å². The number of aliphatic hydroxyl groups is 1. The van der Waals surface area contributed by atoms with Crippen LogP contribution in [0.4, 0.5) is 0 Å². The molecule has 1 aliphatic rings. The van der Waals surface area contributed by atoms with E-state index >= 15 is 0 Å². The van der Waals surface area contributed by atoms with Crippen molar-refractivity contribution in [3.05, 3.63) is 94.0 Å². The molecule has 186 valence electrons. The average Bonchev–Trinajstić information content (AvgIpc) is 3.14. The molecule has 1 unspecified atom stereocenters. The van der Waals surface area contributed by atoms with Crippen LogP contribution in [0.25, 0.3) is 5.76 Å². The van der Waals surface area contributed by atoms with E-state index in [2.05, 4.69) is 0 Å². The lowest BCUT2D eigenvalue weighted by Gasteiger charge is -2.26. The molecule has 1 atom stereocenters. The van der Waals surface area contributed by atoms with Gasteiger partial charge in [-0.2, -0.15) is 0 Å². The van der Waals surface area contributed by atoms with Crippen LogP contribution in [-0.4, -0.2) is 42.5 Å². The number of nitrogens with zero attached hydrogens (tertiary/aromatic N) is 1. The van der Waals surface area contributed by atoms with E-state index in [9.17, 15) is 14.7 Å². The molecule has 3 aromatic carbocycles. The van der Waals surface area contributed by atoms with Gasteiger partial charge in [-0.25, -0.2) is 0 Å². The third-order valence-corrected chi connectivity index (χ3v) is 6.23. The molecule has 0 saturated carbocycles. The fraction of sp³-hybridized carbons (Fsp3) is 0.214. The molecule has 0 aliphatic carbocycles. The number of amides is 1. The highest BCUT2D eigenvalue weighted by molar-refractivity contribution is 6.46. The van der Waals surface area contributed by atoms with Crippen molar-refractivity contribution >= 4 is 29.1 Å². The third kappa shape index (κ3) is 4.75. The number of ketones is 1. The number of methoxy groups -OCH3 is 2. The van der Waals surface area contributed by atoms with E-state index in [0.29, 0.717) is 34.4 Å².